The molecule has 0 bridgehead atoms. The Morgan fingerprint density at radius 3 is 2.54 bits per heavy atom. The van der Waals surface area contributed by atoms with Gasteiger partial charge in [-0.15, -0.1) is 0 Å². The maximum atomic E-state index is 13.1. The summed E-state index contributed by atoms with van der Waals surface area (Å²) in [6.45, 7) is 0.363. The molecule has 1 aromatic heterocycles. The highest BCUT2D eigenvalue weighted by Gasteiger charge is 2.18. The molecule has 4 nitrogen and oxygen atoms in total. The average molecular weight is 348 g/mol. The van der Waals surface area contributed by atoms with Crippen molar-refractivity contribution in [2.75, 3.05) is 14.1 Å². The summed E-state index contributed by atoms with van der Waals surface area (Å²) in [6.07, 6.45) is 1.32. The zero-order valence-electron chi connectivity index (χ0n) is 13.1. The van der Waals surface area contributed by atoms with E-state index in [1.54, 1.807) is 0 Å². The van der Waals surface area contributed by atoms with E-state index in [-0.39, 0.29) is 27.4 Å². The van der Waals surface area contributed by atoms with Crippen LogP contribution in [0.3, 0.4) is 0 Å². The Labute approximate surface area is 142 Å². The zero-order chi connectivity index (χ0) is 17.4. The fourth-order valence-corrected chi connectivity index (χ4v) is 2.81. The molecule has 0 aliphatic rings. The van der Waals surface area contributed by atoms with Crippen molar-refractivity contribution >= 4 is 22.6 Å². The molecule has 0 saturated heterocycles. The van der Waals surface area contributed by atoms with Crippen molar-refractivity contribution < 1.29 is 13.9 Å². The van der Waals surface area contributed by atoms with E-state index in [0.29, 0.717) is 28.8 Å². The van der Waals surface area contributed by atoms with Crippen LogP contribution in [0.1, 0.15) is 5.56 Å². The van der Waals surface area contributed by atoms with Crippen molar-refractivity contribution in [1.29, 1.82) is 0 Å². The Bertz CT molecular complexity index is 965. The Morgan fingerprint density at radius 2 is 1.92 bits per heavy atom. The first-order valence-electron chi connectivity index (χ1n) is 7.25. The van der Waals surface area contributed by atoms with Crippen LogP contribution in [0.15, 0.2) is 45.8 Å². The summed E-state index contributed by atoms with van der Waals surface area (Å²) in [5.41, 5.74) is 1.31. The second-order valence-corrected chi connectivity index (χ2v) is 6.19. The molecule has 3 aromatic rings. The molecule has 24 heavy (non-hydrogen) atoms. The maximum absolute atomic E-state index is 13.1. The lowest BCUT2D eigenvalue weighted by Gasteiger charge is -2.14. The van der Waals surface area contributed by atoms with E-state index in [4.69, 9.17) is 16.0 Å². The van der Waals surface area contributed by atoms with Gasteiger partial charge >= 0.3 is 0 Å². The van der Waals surface area contributed by atoms with Crippen LogP contribution in [0.2, 0.25) is 5.02 Å². The van der Waals surface area contributed by atoms with E-state index < -0.39 is 0 Å². The van der Waals surface area contributed by atoms with Crippen LogP contribution < -0.4 is 5.43 Å². The molecule has 6 heteroatoms. The number of rotatable bonds is 3. The van der Waals surface area contributed by atoms with Crippen LogP contribution >= 0.6 is 11.6 Å². The van der Waals surface area contributed by atoms with E-state index in [2.05, 4.69) is 0 Å². The van der Waals surface area contributed by atoms with Crippen molar-refractivity contribution in [2.45, 2.75) is 6.54 Å². The largest absolute Gasteiger partial charge is 0.506 e. The van der Waals surface area contributed by atoms with Gasteiger partial charge in [-0.25, -0.2) is 4.39 Å². The van der Waals surface area contributed by atoms with Gasteiger partial charge in [-0.05, 0) is 37.9 Å². The van der Waals surface area contributed by atoms with Gasteiger partial charge in [0.25, 0.3) is 0 Å². The van der Waals surface area contributed by atoms with Gasteiger partial charge in [0.15, 0.2) is 0 Å². The molecule has 0 radical (unpaired) electrons. The molecular formula is C18H15ClFNO3. The first-order chi connectivity index (χ1) is 11.4. The van der Waals surface area contributed by atoms with E-state index in [0.717, 1.165) is 0 Å². The van der Waals surface area contributed by atoms with Crippen molar-refractivity contribution in [1.82, 2.24) is 4.90 Å². The third kappa shape index (κ3) is 2.88. The Kier molecular flexibility index (Phi) is 4.30. The SMILES string of the molecule is CN(C)Cc1c(O)c(Cl)cc2c(=O)c(-c3ccc(F)cc3)coc12. The monoisotopic (exact) mass is 347 g/mol. The molecule has 0 saturated carbocycles. The Morgan fingerprint density at radius 1 is 1.25 bits per heavy atom. The molecule has 0 fully saturated rings. The van der Waals surface area contributed by atoms with Gasteiger partial charge in [0, 0.05) is 6.54 Å². The highest BCUT2D eigenvalue weighted by molar-refractivity contribution is 6.33. The number of halogens is 2. The molecule has 1 heterocycles. The van der Waals surface area contributed by atoms with Crippen LogP contribution in [0.25, 0.3) is 22.1 Å². The number of fused-ring (bicyclic) bond motifs is 1. The molecule has 0 atom stereocenters. The summed E-state index contributed by atoms with van der Waals surface area (Å²) in [7, 11) is 3.66. The summed E-state index contributed by atoms with van der Waals surface area (Å²) in [4.78, 5) is 14.6. The smallest absolute Gasteiger partial charge is 0.200 e. The van der Waals surface area contributed by atoms with Crippen LogP contribution in [0, 0.1) is 5.82 Å². The normalized spacial score (nSPS) is 11.4. The number of phenolic OH excluding ortho intramolecular Hbond substituents is 1. The number of benzene rings is 2. The van der Waals surface area contributed by atoms with Gasteiger partial charge in [-0.2, -0.15) is 0 Å². The number of phenols is 1. The fourth-order valence-electron chi connectivity index (χ4n) is 2.59. The van der Waals surface area contributed by atoms with E-state index >= 15 is 0 Å². The fraction of sp³-hybridized carbons (Fsp3) is 0.167. The molecule has 1 N–H and O–H groups in total. The maximum Gasteiger partial charge on any atom is 0.200 e. The minimum atomic E-state index is -0.384. The molecule has 2 aromatic carbocycles. The van der Waals surface area contributed by atoms with E-state index in [9.17, 15) is 14.3 Å². The molecule has 0 unspecified atom stereocenters. The molecule has 0 aliphatic heterocycles. The first kappa shape index (κ1) is 16.5. The minimum absolute atomic E-state index is 0.0860. The standard InChI is InChI=1S/C18H15ClFNO3/c1-21(2)8-13-17(23)15(19)7-12-16(22)14(9-24-18(12)13)10-3-5-11(20)6-4-10/h3-7,9,23H,8H2,1-2H3. The second-order valence-electron chi connectivity index (χ2n) is 5.79. The van der Waals surface area contributed by atoms with Gasteiger partial charge in [-0.1, -0.05) is 23.7 Å². The predicted octanol–water partition coefficient (Wildman–Crippen LogP) is 4.02. The van der Waals surface area contributed by atoms with Gasteiger partial charge in [-0.3, -0.25) is 4.79 Å². The van der Waals surface area contributed by atoms with Crippen LogP contribution in [0.4, 0.5) is 4.39 Å². The van der Waals surface area contributed by atoms with E-state index in [1.807, 2.05) is 19.0 Å². The number of hydrogen-bond donors (Lipinski definition) is 1. The minimum Gasteiger partial charge on any atom is -0.506 e. The Balaban J connectivity index is 2.28. The third-order valence-electron chi connectivity index (χ3n) is 3.72. The highest BCUT2D eigenvalue weighted by atomic mass is 35.5. The summed E-state index contributed by atoms with van der Waals surface area (Å²) in [6, 6.07) is 6.97. The topological polar surface area (TPSA) is 53.7 Å². The van der Waals surface area contributed by atoms with Gasteiger partial charge < -0.3 is 14.4 Å². The van der Waals surface area contributed by atoms with Crippen molar-refractivity contribution in [3.63, 3.8) is 0 Å². The van der Waals surface area contributed by atoms with Crippen molar-refractivity contribution in [2.24, 2.45) is 0 Å². The summed E-state index contributed by atoms with van der Waals surface area (Å²) in [5.74, 6) is -0.485. The number of hydrogen-bond acceptors (Lipinski definition) is 4. The molecular weight excluding hydrogens is 333 g/mol. The lowest BCUT2D eigenvalue weighted by molar-refractivity contribution is 0.384. The van der Waals surface area contributed by atoms with Crippen LogP contribution in [-0.4, -0.2) is 24.1 Å². The summed E-state index contributed by atoms with van der Waals surface area (Å²) in [5, 5.41) is 10.6. The van der Waals surface area contributed by atoms with Gasteiger partial charge in [0.05, 0.1) is 21.5 Å². The average Bonchev–Trinajstić information content (AvgIpc) is 2.54. The van der Waals surface area contributed by atoms with Crippen molar-refractivity contribution in [3.05, 3.63) is 63.2 Å². The highest BCUT2D eigenvalue weighted by Crippen LogP contribution is 2.35. The number of nitrogens with zero attached hydrogens (tertiary/aromatic N) is 1. The molecule has 0 aliphatic carbocycles. The van der Waals surface area contributed by atoms with E-state index in [1.165, 1.54) is 36.6 Å². The lowest BCUT2D eigenvalue weighted by atomic mass is 10.0. The third-order valence-corrected chi connectivity index (χ3v) is 4.00. The second kappa shape index (κ2) is 6.26. The molecule has 0 amide bonds. The summed E-state index contributed by atoms with van der Waals surface area (Å²) < 4.78 is 18.7. The summed E-state index contributed by atoms with van der Waals surface area (Å²) >= 11 is 6.07. The Hall–Kier alpha value is -2.37. The van der Waals surface area contributed by atoms with Crippen LogP contribution in [-0.2, 0) is 6.54 Å². The molecule has 124 valence electrons. The first-order valence-corrected chi connectivity index (χ1v) is 7.63. The predicted molar refractivity (Wildman–Crippen MR) is 91.9 cm³/mol. The van der Waals surface area contributed by atoms with Crippen molar-refractivity contribution in [3.8, 4) is 16.9 Å². The number of aromatic hydroxyl groups is 1. The molecule has 3 rings (SSSR count). The van der Waals surface area contributed by atoms with Crippen LogP contribution in [0.5, 0.6) is 5.75 Å². The molecule has 0 spiro atoms. The quantitative estimate of drug-likeness (QED) is 0.777. The van der Waals surface area contributed by atoms with Gasteiger partial charge in [0.1, 0.15) is 23.4 Å². The van der Waals surface area contributed by atoms with Gasteiger partial charge in [0.2, 0.25) is 5.43 Å². The lowest BCUT2D eigenvalue weighted by Crippen LogP contribution is -2.13. The zero-order valence-corrected chi connectivity index (χ0v) is 13.9.